The molecule has 4 heteroatoms. The topological polar surface area (TPSA) is 35.5 Å². The first-order valence-corrected chi connectivity index (χ1v) is 8.19. The van der Waals surface area contributed by atoms with Crippen molar-refractivity contribution >= 4 is 14.6 Å². The number of hydrogen-bond acceptors (Lipinski definition) is 3. The van der Waals surface area contributed by atoms with Crippen LogP contribution in [0.1, 0.15) is 10.4 Å². The summed E-state index contributed by atoms with van der Waals surface area (Å²) in [6.07, 6.45) is 0.790. The van der Waals surface area contributed by atoms with Crippen molar-refractivity contribution in [3.63, 3.8) is 0 Å². The fraction of sp³-hybridized carbons (Fsp3) is 0.364. The van der Waals surface area contributed by atoms with Crippen LogP contribution in [0, 0.1) is 0 Å². The Labute approximate surface area is 91.1 Å². The monoisotopic (exact) mass is 224 g/mol. The molecule has 0 saturated carbocycles. The molecule has 0 atom stereocenters. The summed E-state index contributed by atoms with van der Waals surface area (Å²) in [7, 11) is -0.101. The van der Waals surface area contributed by atoms with Gasteiger partial charge in [0, 0.05) is 0 Å². The second-order valence-corrected chi connectivity index (χ2v) is 8.66. The summed E-state index contributed by atoms with van der Waals surface area (Å²) in [5, 5.41) is 0. The number of rotatable bonds is 4. The molecule has 0 radical (unpaired) electrons. The number of ether oxygens (including phenoxy) is 1. The molecule has 0 aromatic heterocycles. The maximum atomic E-state index is 10.9. The highest BCUT2D eigenvalue weighted by Crippen LogP contribution is 2.24. The van der Waals surface area contributed by atoms with Gasteiger partial charge in [-0.2, -0.15) is 0 Å². The van der Waals surface area contributed by atoms with Crippen molar-refractivity contribution < 1.29 is 14.0 Å². The molecule has 0 amide bonds. The highest BCUT2D eigenvalue weighted by atomic mass is 28.4. The Morgan fingerprint density at radius 2 is 1.93 bits per heavy atom. The predicted molar refractivity (Wildman–Crippen MR) is 62.4 cm³/mol. The molecular formula is C11H16O3Si. The third kappa shape index (κ3) is 3.40. The van der Waals surface area contributed by atoms with Crippen molar-refractivity contribution in [2.75, 3.05) is 7.11 Å². The standard InChI is InChI=1S/C11H16O3Si/c1-13-10-5-6-11(9(7-10)8-12)14-15(2,3)4/h5-8H,1-4H3. The molecular weight excluding hydrogens is 208 g/mol. The molecule has 3 nitrogen and oxygen atoms in total. The molecule has 0 saturated heterocycles. The molecule has 0 N–H and O–H groups in total. The first-order chi connectivity index (χ1) is 6.96. The van der Waals surface area contributed by atoms with Crippen molar-refractivity contribution in [2.24, 2.45) is 0 Å². The van der Waals surface area contributed by atoms with E-state index in [0.29, 0.717) is 17.1 Å². The van der Waals surface area contributed by atoms with Gasteiger partial charge in [-0.1, -0.05) is 0 Å². The van der Waals surface area contributed by atoms with Gasteiger partial charge in [-0.15, -0.1) is 0 Å². The van der Waals surface area contributed by atoms with Crippen molar-refractivity contribution in [3.05, 3.63) is 23.8 Å². The van der Waals surface area contributed by atoms with E-state index in [1.165, 1.54) is 0 Å². The number of carbonyl (C=O) groups excluding carboxylic acids is 1. The van der Waals surface area contributed by atoms with E-state index in [1.807, 2.05) is 0 Å². The van der Waals surface area contributed by atoms with Crippen LogP contribution in [0.4, 0.5) is 0 Å². The minimum Gasteiger partial charge on any atom is -0.544 e. The molecule has 0 spiro atoms. The second kappa shape index (κ2) is 4.48. The van der Waals surface area contributed by atoms with E-state index in [1.54, 1.807) is 25.3 Å². The Balaban J connectivity index is 3.03. The van der Waals surface area contributed by atoms with Gasteiger partial charge in [-0.3, -0.25) is 4.79 Å². The van der Waals surface area contributed by atoms with Gasteiger partial charge in [0.1, 0.15) is 11.5 Å². The van der Waals surface area contributed by atoms with Crippen LogP contribution in [0.3, 0.4) is 0 Å². The fourth-order valence-corrected chi connectivity index (χ4v) is 2.01. The Kier molecular flexibility index (Phi) is 3.52. The highest BCUT2D eigenvalue weighted by molar-refractivity contribution is 6.70. The Hall–Kier alpha value is -1.29. The fourth-order valence-electron chi connectivity index (χ4n) is 1.17. The minimum atomic E-state index is -1.67. The zero-order valence-corrected chi connectivity index (χ0v) is 10.5. The van der Waals surface area contributed by atoms with E-state index in [2.05, 4.69) is 19.6 Å². The van der Waals surface area contributed by atoms with Gasteiger partial charge < -0.3 is 9.16 Å². The van der Waals surface area contributed by atoms with E-state index in [-0.39, 0.29) is 0 Å². The van der Waals surface area contributed by atoms with Crippen LogP contribution in [-0.2, 0) is 0 Å². The summed E-state index contributed by atoms with van der Waals surface area (Å²) >= 11 is 0. The molecule has 0 fully saturated rings. The molecule has 0 aliphatic heterocycles. The summed E-state index contributed by atoms with van der Waals surface area (Å²) in [4.78, 5) is 10.9. The zero-order valence-electron chi connectivity index (χ0n) is 9.53. The van der Waals surface area contributed by atoms with Gasteiger partial charge in [0.25, 0.3) is 0 Å². The molecule has 0 bridgehead atoms. The smallest absolute Gasteiger partial charge is 0.242 e. The van der Waals surface area contributed by atoms with Crippen LogP contribution in [0.2, 0.25) is 19.6 Å². The second-order valence-electron chi connectivity index (χ2n) is 4.24. The quantitative estimate of drug-likeness (QED) is 0.582. The lowest BCUT2D eigenvalue weighted by Crippen LogP contribution is -2.29. The molecule has 1 aromatic rings. The summed E-state index contributed by atoms with van der Waals surface area (Å²) in [5.41, 5.74) is 0.539. The molecule has 1 aromatic carbocycles. The Morgan fingerprint density at radius 1 is 1.27 bits per heavy atom. The highest BCUT2D eigenvalue weighted by Gasteiger charge is 2.18. The zero-order chi connectivity index (χ0) is 11.5. The number of aldehydes is 1. The third-order valence-electron chi connectivity index (χ3n) is 1.76. The number of carbonyl (C=O) groups is 1. The van der Waals surface area contributed by atoms with Crippen molar-refractivity contribution in [3.8, 4) is 11.5 Å². The van der Waals surface area contributed by atoms with Crippen molar-refractivity contribution in [1.82, 2.24) is 0 Å². The molecule has 1 rings (SSSR count). The van der Waals surface area contributed by atoms with E-state index in [4.69, 9.17) is 9.16 Å². The average molecular weight is 224 g/mol. The van der Waals surface area contributed by atoms with Crippen LogP contribution in [0.5, 0.6) is 11.5 Å². The molecule has 15 heavy (non-hydrogen) atoms. The normalized spacial score (nSPS) is 10.9. The molecule has 0 aliphatic rings. The van der Waals surface area contributed by atoms with Gasteiger partial charge in [0.2, 0.25) is 8.32 Å². The first-order valence-electron chi connectivity index (χ1n) is 4.78. The Morgan fingerprint density at radius 3 is 2.40 bits per heavy atom. The van der Waals surface area contributed by atoms with E-state index < -0.39 is 8.32 Å². The summed E-state index contributed by atoms with van der Waals surface area (Å²) in [5.74, 6) is 1.31. The lowest BCUT2D eigenvalue weighted by molar-refractivity contribution is 0.112. The predicted octanol–water partition coefficient (Wildman–Crippen LogP) is 2.72. The lowest BCUT2D eigenvalue weighted by atomic mass is 10.2. The van der Waals surface area contributed by atoms with Gasteiger partial charge in [0.15, 0.2) is 6.29 Å². The van der Waals surface area contributed by atoms with E-state index >= 15 is 0 Å². The van der Waals surface area contributed by atoms with Crippen LogP contribution in [-0.4, -0.2) is 21.7 Å². The molecule has 0 unspecified atom stereocenters. The number of hydrogen-bond donors (Lipinski definition) is 0. The van der Waals surface area contributed by atoms with Crippen molar-refractivity contribution in [2.45, 2.75) is 19.6 Å². The first kappa shape index (κ1) is 11.8. The molecule has 82 valence electrons. The summed E-state index contributed by atoms with van der Waals surface area (Å²) < 4.78 is 10.8. The van der Waals surface area contributed by atoms with Gasteiger partial charge >= 0.3 is 0 Å². The summed E-state index contributed by atoms with van der Waals surface area (Å²) in [6, 6.07) is 5.26. The van der Waals surface area contributed by atoms with Gasteiger partial charge in [0.05, 0.1) is 12.7 Å². The van der Waals surface area contributed by atoms with Crippen LogP contribution >= 0.6 is 0 Å². The van der Waals surface area contributed by atoms with Crippen LogP contribution < -0.4 is 9.16 Å². The lowest BCUT2D eigenvalue weighted by Gasteiger charge is -2.20. The van der Waals surface area contributed by atoms with Gasteiger partial charge in [-0.25, -0.2) is 0 Å². The number of benzene rings is 1. The SMILES string of the molecule is COc1ccc(O[Si](C)(C)C)c(C=O)c1. The van der Waals surface area contributed by atoms with Crippen LogP contribution in [0.15, 0.2) is 18.2 Å². The van der Waals surface area contributed by atoms with E-state index in [0.717, 1.165) is 6.29 Å². The van der Waals surface area contributed by atoms with Gasteiger partial charge in [-0.05, 0) is 37.8 Å². The van der Waals surface area contributed by atoms with Crippen molar-refractivity contribution in [1.29, 1.82) is 0 Å². The number of methoxy groups -OCH3 is 1. The molecule has 0 aliphatic carbocycles. The average Bonchev–Trinajstić information content (AvgIpc) is 2.16. The van der Waals surface area contributed by atoms with E-state index in [9.17, 15) is 4.79 Å². The molecule has 0 heterocycles. The Bertz CT molecular complexity index is 355. The summed E-state index contributed by atoms with van der Waals surface area (Å²) in [6.45, 7) is 6.23. The maximum Gasteiger partial charge on any atom is 0.242 e. The maximum absolute atomic E-state index is 10.9. The van der Waals surface area contributed by atoms with Crippen LogP contribution in [0.25, 0.3) is 0 Å². The third-order valence-corrected chi connectivity index (χ3v) is 2.59. The minimum absolute atomic E-state index is 0.539. The largest absolute Gasteiger partial charge is 0.544 e.